The van der Waals surface area contributed by atoms with Crippen molar-refractivity contribution < 1.29 is 4.79 Å². The van der Waals surface area contributed by atoms with E-state index in [0.717, 1.165) is 0 Å². The molecule has 74 valence electrons. The molecule has 1 saturated heterocycles. The summed E-state index contributed by atoms with van der Waals surface area (Å²) in [5.74, 6) is 0.920. The first-order valence-electron chi connectivity index (χ1n) is 4.29. The smallest absolute Gasteiger partial charge is 0.145 e. The van der Waals surface area contributed by atoms with Crippen molar-refractivity contribution in [3.05, 3.63) is 23.8 Å². The fraction of sp³-hybridized carbons (Fsp3) is 0.333. The SMILES string of the molecule is O=C1CSC(N=CN2C=CC=CS2)C1. The van der Waals surface area contributed by atoms with Crippen molar-refractivity contribution in [2.45, 2.75) is 11.8 Å². The third-order valence-corrected chi connectivity index (χ3v) is 3.69. The number of hydrogen-bond acceptors (Lipinski definition) is 4. The molecule has 2 heterocycles. The van der Waals surface area contributed by atoms with Crippen LogP contribution in [0.15, 0.2) is 28.8 Å². The van der Waals surface area contributed by atoms with Gasteiger partial charge in [-0.15, -0.1) is 11.8 Å². The molecule has 0 bridgehead atoms. The summed E-state index contributed by atoms with van der Waals surface area (Å²) >= 11 is 3.18. The van der Waals surface area contributed by atoms with Crippen LogP contribution in [0.1, 0.15) is 6.42 Å². The molecule has 0 amide bonds. The van der Waals surface area contributed by atoms with Gasteiger partial charge in [0, 0.05) is 12.6 Å². The van der Waals surface area contributed by atoms with E-state index in [9.17, 15) is 4.79 Å². The molecule has 0 saturated carbocycles. The van der Waals surface area contributed by atoms with Crippen molar-refractivity contribution in [1.82, 2.24) is 4.31 Å². The number of allylic oxidation sites excluding steroid dienone is 2. The lowest BCUT2D eigenvalue weighted by Gasteiger charge is -2.12. The van der Waals surface area contributed by atoms with Crippen LogP contribution in [0.2, 0.25) is 0 Å². The maximum atomic E-state index is 11.0. The molecule has 0 aromatic heterocycles. The minimum Gasteiger partial charge on any atom is -0.299 e. The molecule has 1 unspecified atom stereocenters. The van der Waals surface area contributed by atoms with E-state index in [0.29, 0.717) is 18.0 Å². The van der Waals surface area contributed by atoms with Crippen LogP contribution >= 0.6 is 23.7 Å². The molecule has 5 heteroatoms. The Labute approximate surface area is 91.5 Å². The summed E-state index contributed by atoms with van der Waals surface area (Å²) in [5, 5.41) is 2.11. The molecule has 0 radical (unpaired) electrons. The number of carbonyl (C=O) groups excluding carboxylic acids is 1. The summed E-state index contributed by atoms with van der Waals surface area (Å²) in [4.78, 5) is 15.3. The van der Waals surface area contributed by atoms with Gasteiger partial charge in [-0.05, 0) is 23.4 Å². The average molecular weight is 226 g/mol. The normalized spacial score (nSPS) is 26.7. The summed E-state index contributed by atoms with van der Waals surface area (Å²) in [7, 11) is 0. The van der Waals surface area contributed by atoms with E-state index in [1.807, 2.05) is 28.1 Å². The van der Waals surface area contributed by atoms with Gasteiger partial charge in [0.2, 0.25) is 0 Å². The molecule has 0 spiro atoms. The molecule has 0 aromatic rings. The van der Waals surface area contributed by atoms with E-state index in [-0.39, 0.29) is 5.37 Å². The van der Waals surface area contributed by atoms with Gasteiger partial charge in [0.25, 0.3) is 0 Å². The van der Waals surface area contributed by atoms with Crippen molar-refractivity contribution in [2.24, 2.45) is 4.99 Å². The van der Waals surface area contributed by atoms with Crippen LogP contribution in [-0.2, 0) is 4.79 Å². The highest BCUT2D eigenvalue weighted by molar-refractivity contribution is 8.01. The third kappa shape index (κ3) is 2.65. The number of aliphatic imine (C=N–C) groups is 1. The quantitative estimate of drug-likeness (QED) is 0.410. The lowest BCUT2D eigenvalue weighted by molar-refractivity contribution is -0.116. The predicted octanol–water partition coefficient (Wildman–Crippen LogP) is 2.04. The first-order chi connectivity index (χ1) is 6.84. The topological polar surface area (TPSA) is 32.7 Å². The van der Waals surface area contributed by atoms with Crippen LogP contribution in [0.25, 0.3) is 0 Å². The number of ketones is 1. The van der Waals surface area contributed by atoms with E-state index < -0.39 is 0 Å². The lowest BCUT2D eigenvalue weighted by atomic mass is 10.3. The first kappa shape index (κ1) is 9.86. The Morgan fingerprint density at radius 2 is 2.50 bits per heavy atom. The van der Waals surface area contributed by atoms with Gasteiger partial charge in [-0.1, -0.05) is 6.08 Å². The van der Waals surface area contributed by atoms with Gasteiger partial charge in [0.15, 0.2) is 0 Å². The molecule has 1 fully saturated rings. The van der Waals surface area contributed by atoms with Crippen LogP contribution in [-0.4, -0.2) is 27.6 Å². The highest BCUT2D eigenvalue weighted by atomic mass is 32.2. The number of carbonyl (C=O) groups is 1. The molecular formula is C9H10N2OS2. The second-order valence-corrected chi connectivity index (χ2v) is 4.98. The Kier molecular flexibility index (Phi) is 3.31. The van der Waals surface area contributed by atoms with Crippen LogP contribution in [0, 0.1) is 0 Å². The van der Waals surface area contributed by atoms with E-state index in [2.05, 4.69) is 4.99 Å². The van der Waals surface area contributed by atoms with Crippen molar-refractivity contribution in [1.29, 1.82) is 0 Å². The van der Waals surface area contributed by atoms with Crippen LogP contribution in [0.5, 0.6) is 0 Å². The maximum Gasteiger partial charge on any atom is 0.145 e. The van der Waals surface area contributed by atoms with Gasteiger partial charge in [0.05, 0.1) is 5.75 Å². The zero-order chi connectivity index (χ0) is 9.80. The van der Waals surface area contributed by atoms with E-state index in [4.69, 9.17) is 0 Å². The molecule has 0 aliphatic carbocycles. The maximum absolute atomic E-state index is 11.0. The Bertz CT molecular complexity index is 312. The third-order valence-electron chi connectivity index (χ3n) is 1.79. The molecule has 3 nitrogen and oxygen atoms in total. The Balaban J connectivity index is 1.84. The fourth-order valence-electron chi connectivity index (χ4n) is 1.12. The van der Waals surface area contributed by atoms with Crippen molar-refractivity contribution >= 4 is 35.8 Å². The van der Waals surface area contributed by atoms with Gasteiger partial charge in [0.1, 0.15) is 17.5 Å². The highest BCUT2D eigenvalue weighted by Gasteiger charge is 2.21. The number of hydrogen-bond donors (Lipinski definition) is 0. The second kappa shape index (κ2) is 4.70. The first-order valence-corrected chi connectivity index (χ1v) is 6.18. The minimum absolute atomic E-state index is 0.127. The molecule has 1 atom stereocenters. The summed E-state index contributed by atoms with van der Waals surface area (Å²) in [6, 6.07) is 0. The highest BCUT2D eigenvalue weighted by Crippen LogP contribution is 2.25. The molecule has 2 aliphatic heterocycles. The molecule has 0 aromatic carbocycles. The largest absolute Gasteiger partial charge is 0.299 e. The number of nitrogens with zero attached hydrogens (tertiary/aromatic N) is 2. The monoisotopic (exact) mass is 226 g/mol. The molecule has 14 heavy (non-hydrogen) atoms. The summed E-state index contributed by atoms with van der Waals surface area (Å²) in [5.41, 5.74) is 0. The van der Waals surface area contributed by atoms with Crippen LogP contribution in [0.4, 0.5) is 0 Å². The molecule has 0 N–H and O–H groups in total. The van der Waals surface area contributed by atoms with Gasteiger partial charge in [-0.3, -0.25) is 14.1 Å². The van der Waals surface area contributed by atoms with Crippen LogP contribution in [0.3, 0.4) is 0 Å². The number of rotatable bonds is 2. The summed E-state index contributed by atoms with van der Waals surface area (Å²) in [6.45, 7) is 0. The van der Waals surface area contributed by atoms with Crippen molar-refractivity contribution in [3.8, 4) is 0 Å². The van der Waals surface area contributed by atoms with E-state index in [1.54, 1.807) is 30.0 Å². The lowest BCUT2D eigenvalue weighted by Crippen LogP contribution is -2.07. The number of Topliss-reactive ketones (excluding diaryl/α,β-unsaturated/α-hetero) is 1. The van der Waals surface area contributed by atoms with Gasteiger partial charge in [-0.25, -0.2) is 0 Å². The Hall–Kier alpha value is -0.680. The van der Waals surface area contributed by atoms with Gasteiger partial charge < -0.3 is 0 Å². The number of thioether (sulfide) groups is 1. The minimum atomic E-state index is 0.127. The van der Waals surface area contributed by atoms with Crippen molar-refractivity contribution in [2.75, 3.05) is 5.75 Å². The second-order valence-electron chi connectivity index (χ2n) is 2.91. The van der Waals surface area contributed by atoms with E-state index in [1.165, 1.54) is 0 Å². The zero-order valence-corrected chi connectivity index (χ0v) is 9.13. The molecule has 2 aliphatic rings. The summed E-state index contributed by atoms with van der Waals surface area (Å²) < 4.78 is 1.92. The Morgan fingerprint density at radius 3 is 3.14 bits per heavy atom. The van der Waals surface area contributed by atoms with Gasteiger partial charge in [-0.2, -0.15) is 0 Å². The molecular weight excluding hydrogens is 216 g/mol. The van der Waals surface area contributed by atoms with Gasteiger partial charge >= 0.3 is 0 Å². The average Bonchev–Trinajstić information content (AvgIpc) is 2.63. The molecule has 2 rings (SSSR count). The fourth-order valence-corrected chi connectivity index (χ4v) is 2.62. The zero-order valence-electron chi connectivity index (χ0n) is 7.50. The standard InChI is InChI=1S/C9H10N2OS2/c12-8-5-9(13-6-8)10-7-11-3-1-2-4-14-11/h1-4,7,9H,5-6H2. The van der Waals surface area contributed by atoms with E-state index >= 15 is 0 Å². The van der Waals surface area contributed by atoms with Crippen LogP contribution < -0.4 is 0 Å². The Morgan fingerprint density at radius 1 is 1.57 bits per heavy atom. The summed E-state index contributed by atoms with van der Waals surface area (Å²) in [6.07, 6.45) is 8.23. The predicted molar refractivity (Wildman–Crippen MR) is 62.1 cm³/mol. The van der Waals surface area contributed by atoms with Crippen molar-refractivity contribution in [3.63, 3.8) is 0 Å².